The molecule has 48 heavy (non-hydrogen) atoms. The SMILES string of the molecule is CC(C)(C)[Si](C)(C)O[C@@H]1[C@H](O[Si](C)(C)C(C)(C)C)[C@@H](COP2(=S)OCC(c3cc(F)c(F)cc3Cl)O2)O[C@H]1n1cnc2c(N)ncnc21. The van der Waals surface area contributed by atoms with Gasteiger partial charge >= 0.3 is 6.72 Å². The third kappa shape index (κ3) is 7.45. The van der Waals surface area contributed by atoms with Crippen LogP contribution >= 0.6 is 18.3 Å². The van der Waals surface area contributed by atoms with Crippen LogP contribution in [0.1, 0.15) is 59.4 Å². The molecule has 2 aliphatic heterocycles. The van der Waals surface area contributed by atoms with E-state index in [0.29, 0.717) is 11.2 Å². The molecule has 0 saturated carbocycles. The fourth-order valence-corrected chi connectivity index (χ4v) is 9.85. The van der Waals surface area contributed by atoms with E-state index in [1.54, 1.807) is 10.9 Å². The van der Waals surface area contributed by atoms with E-state index >= 15 is 0 Å². The average Bonchev–Trinajstić information content (AvgIpc) is 3.65. The molecule has 0 bridgehead atoms. The average molecular weight is 764 g/mol. The van der Waals surface area contributed by atoms with Gasteiger partial charge in [-0.1, -0.05) is 53.1 Å². The van der Waals surface area contributed by atoms with Crippen molar-refractivity contribution in [3.63, 3.8) is 0 Å². The van der Waals surface area contributed by atoms with Crippen LogP contribution in [0, 0.1) is 11.6 Å². The van der Waals surface area contributed by atoms with Crippen LogP contribution in [0.5, 0.6) is 0 Å². The monoisotopic (exact) mass is 763 g/mol. The highest BCUT2D eigenvalue weighted by molar-refractivity contribution is 8.07. The highest BCUT2D eigenvalue weighted by Crippen LogP contribution is 2.60. The van der Waals surface area contributed by atoms with Crippen LogP contribution in [-0.4, -0.2) is 67.7 Å². The lowest BCUT2D eigenvalue weighted by Gasteiger charge is -2.44. The van der Waals surface area contributed by atoms with E-state index in [9.17, 15) is 8.78 Å². The van der Waals surface area contributed by atoms with E-state index in [0.717, 1.165) is 12.1 Å². The minimum absolute atomic E-state index is 0.00150. The molecule has 0 spiro atoms. The molecule has 2 N–H and O–H groups in total. The summed E-state index contributed by atoms with van der Waals surface area (Å²) in [7, 11) is -4.86. The van der Waals surface area contributed by atoms with Crippen LogP contribution in [0.4, 0.5) is 14.6 Å². The molecule has 6 atom stereocenters. The van der Waals surface area contributed by atoms with Gasteiger partial charge in [0.2, 0.25) is 0 Å². The summed E-state index contributed by atoms with van der Waals surface area (Å²) in [5.74, 6) is -1.87. The predicted molar refractivity (Wildman–Crippen MR) is 189 cm³/mol. The van der Waals surface area contributed by atoms with Crippen molar-refractivity contribution in [2.24, 2.45) is 0 Å². The lowest BCUT2D eigenvalue weighted by molar-refractivity contribution is -0.0468. The van der Waals surface area contributed by atoms with Crippen molar-refractivity contribution in [3.8, 4) is 0 Å². The second-order valence-corrected chi connectivity index (χ2v) is 28.1. The number of rotatable bonds is 9. The second kappa shape index (κ2) is 13.3. The third-order valence-electron chi connectivity index (χ3n) is 9.84. The van der Waals surface area contributed by atoms with Gasteiger partial charge in [-0.25, -0.2) is 23.7 Å². The van der Waals surface area contributed by atoms with Crippen LogP contribution in [0.15, 0.2) is 24.8 Å². The zero-order chi connectivity index (χ0) is 35.6. The van der Waals surface area contributed by atoms with Crippen molar-refractivity contribution in [1.29, 1.82) is 0 Å². The highest BCUT2D eigenvalue weighted by atomic mass is 35.5. The van der Waals surface area contributed by atoms with Crippen LogP contribution in [0.25, 0.3) is 11.2 Å². The Hall–Kier alpha value is -1.44. The molecular weight excluding hydrogens is 719 g/mol. The van der Waals surface area contributed by atoms with Crippen LogP contribution in [0.3, 0.4) is 0 Å². The second-order valence-electron chi connectivity index (χ2n) is 15.3. The summed E-state index contributed by atoms with van der Waals surface area (Å²) in [5, 5.41) is -0.268. The fourth-order valence-electron chi connectivity index (χ4n) is 4.96. The van der Waals surface area contributed by atoms with E-state index in [1.807, 2.05) is 0 Å². The van der Waals surface area contributed by atoms with Gasteiger partial charge in [0.15, 0.2) is 46.0 Å². The zero-order valence-corrected chi connectivity index (χ0v) is 33.4. The molecule has 1 aromatic carbocycles. The molecule has 5 rings (SSSR count). The van der Waals surface area contributed by atoms with Crippen LogP contribution in [-0.2, 0) is 39.0 Å². The smallest absolute Gasteiger partial charge is 0.328 e. The topological polar surface area (TPSA) is 125 Å². The lowest BCUT2D eigenvalue weighted by atomic mass is 10.1. The van der Waals surface area contributed by atoms with Crippen molar-refractivity contribution < 1.29 is 35.9 Å². The van der Waals surface area contributed by atoms with Gasteiger partial charge in [-0.05, 0) is 60.2 Å². The quantitative estimate of drug-likeness (QED) is 0.129. The number of ether oxygens (including phenoxy) is 1. The molecule has 4 heterocycles. The van der Waals surface area contributed by atoms with E-state index in [4.69, 9.17) is 56.3 Å². The minimum Gasteiger partial charge on any atom is -0.408 e. The van der Waals surface area contributed by atoms with Crippen molar-refractivity contribution in [3.05, 3.63) is 47.0 Å². The first-order valence-corrected chi connectivity index (χ1v) is 24.4. The summed E-state index contributed by atoms with van der Waals surface area (Å²) >= 11 is 11.9. The fraction of sp³-hybridized carbons (Fsp3) is 0.633. The first-order chi connectivity index (χ1) is 22.0. The maximum atomic E-state index is 14.1. The number of aromatic nitrogens is 4. The van der Waals surface area contributed by atoms with Crippen molar-refractivity contribution in [2.45, 2.75) is 108 Å². The van der Waals surface area contributed by atoms with Gasteiger partial charge in [-0.3, -0.25) is 9.09 Å². The van der Waals surface area contributed by atoms with Gasteiger partial charge in [0.25, 0.3) is 0 Å². The number of halogens is 3. The molecule has 11 nitrogen and oxygen atoms in total. The first-order valence-electron chi connectivity index (χ1n) is 15.7. The molecule has 2 unspecified atom stereocenters. The molecule has 0 amide bonds. The maximum Gasteiger partial charge on any atom is 0.328 e. The molecular formula is C30H45ClF2N5O6PSSi2. The number of imidazole rings is 1. The molecule has 2 saturated heterocycles. The summed E-state index contributed by atoms with van der Waals surface area (Å²) in [6.07, 6.45) is -0.436. The first kappa shape index (κ1) is 37.8. The number of nitrogens with two attached hydrogens (primary N) is 1. The standard InChI is InChI=1S/C30H45ClF2N5O6PSSi2/c1-29(2,3)47(7,8)43-24-22(14-40-45(46)39-13-21(42-45)17-11-19(32)20(33)12-18(17)31)41-28(25(24)44-48(9,10)30(4,5)6)38-16-37-23-26(34)35-15-36-27(23)38/h11-12,15-16,21-22,24-25,28H,13-14H2,1-10H3,(H2,34,35,36)/t21?,22-,24-,25-,28-,45?/m1/s1. The molecule has 3 aromatic rings. The molecule has 0 aliphatic carbocycles. The van der Waals surface area contributed by atoms with E-state index in [1.165, 1.54) is 6.33 Å². The Morgan fingerprint density at radius 1 is 1.00 bits per heavy atom. The normalized spacial score (nSPS) is 27.3. The maximum absolute atomic E-state index is 14.1. The van der Waals surface area contributed by atoms with Gasteiger partial charge in [-0.2, -0.15) is 0 Å². The van der Waals surface area contributed by atoms with Crippen molar-refractivity contribution in [1.82, 2.24) is 19.5 Å². The number of fused-ring (bicyclic) bond motifs is 1. The molecule has 0 radical (unpaired) electrons. The third-order valence-corrected chi connectivity index (χ3v) is 21.5. The Kier molecular flexibility index (Phi) is 10.5. The molecule has 2 aliphatic rings. The predicted octanol–water partition coefficient (Wildman–Crippen LogP) is 8.05. The number of nitrogen functional groups attached to an aromatic ring is 1. The zero-order valence-electron chi connectivity index (χ0n) is 28.9. The summed E-state index contributed by atoms with van der Waals surface area (Å²) in [6, 6.07) is 1.88. The number of hydrogen-bond donors (Lipinski definition) is 1. The van der Waals surface area contributed by atoms with Crippen molar-refractivity contribution >= 4 is 63.7 Å². The Labute approximate surface area is 292 Å². The largest absolute Gasteiger partial charge is 0.408 e. The summed E-state index contributed by atoms with van der Waals surface area (Å²) < 4.78 is 68.8. The Balaban J connectivity index is 1.50. The number of hydrogen-bond acceptors (Lipinski definition) is 11. The Morgan fingerprint density at radius 3 is 2.23 bits per heavy atom. The Bertz CT molecular complexity index is 1730. The molecule has 2 fully saturated rings. The molecule has 18 heteroatoms. The van der Waals surface area contributed by atoms with E-state index < -0.39 is 65.6 Å². The number of benzene rings is 1. The Morgan fingerprint density at radius 2 is 1.60 bits per heavy atom. The van der Waals surface area contributed by atoms with E-state index in [2.05, 4.69) is 82.7 Å². The number of anilines is 1. The van der Waals surface area contributed by atoms with Gasteiger partial charge in [0, 0.05) is 10.6 Å². The molecule has 2 aromatic heterocycles. The molecule has 266 valence electrons. The lowest BCUT2D eigenvalue weighted by Crippen LogP contribution is -2.54. The number of nitrogens with zero attached hydrogens (tertiary/aromatic N) is 4. The van der Waals surface area contributed by atoms with E-state index in [-0.39, 0.29) is 39.7 Å². The van der Waals surface area contributed by atoms with Crippen LogP contribution < -0.4 is 5.73 Å². The highest BCUT2D eigenvalue weighted by Gasteiger charge is 2.55. The van der Waals surface area contributed by atoms with Gasteiger partial charge in [-0.15, -0.1) is 0 Å². The van der Waals surface area contributed by atoms with Crippen LogP contribution in [0.2, 0.25) is 41.3 Å². The minimum atomic E-state index is -3.37. The van der Waals surface area contributed by atoms with Gasteiger partial charge in [0.05, 0.1) is 19.5 Å². The summed E-state index contributed by atoms with van der Waals surface area (Å²) in [5.41, 5.74) is 7.30. The van der Waals surface area contributed by atoms with Crippen molar-refractivity contribution in [2.75, 3.05) is 18.9 Å². The van der Waals surface area contributed by atoms with Gasteiger partial charge < -0.3 is 28.4 Å². The van der Waals surface area contributed by atoms with Gasteiger partial charge in [0.1, 0.15) is 36.3 Å². The summed E-state index contributed by atoms with van der Waals surface area (Å²) in [4.78, 5) is 13.1. The summed E-state index contributed by atoms with van der Waals surface area (Å²) in [6.45, 7) is 18.2.